The SMILES string of the molecule is CC1CC(CN2CC[C@@H](SC3=C(C(=O)O)N4C(=O)[C@H](C(C)O)[C@H]4[C@H]3C)C2)CCN1. The van der Waals surface area contributed by atoms with Crippen molar-refractivity contribution in [2.75, 3.05) is 26.2 Å². The number of hydrogen-bond acceptors (Lipinski definition) is 6. The zero-order chi connectivity index (χ0) is 20.9. The van der Waals surface area contributed by atoms with E-state index in [1.54, 1.807) is 18.7 Å². The number of thioether (sulfide) groups is 1. The second-order valence-corrected chi connectivity index (χ2v) is 10.6. The van der Waals surface area contributed by atoms with Crippen molar-refractivity contribution in [2.24, 2.45) is 17.8 Å². The van der Waals surface area contributed by atoms with Crippen LogP contribution >= 0.6 is 11.8 Å². The smallest absolute Gasteiger partial charge is 0.353 e. The summed E-state index contributed by atoms with van der Waals surface area (Å²) in [5.74, 6) is -1.07. The van der Waals surface area contributed by atoms with Crippen LogP contribution in [0.2, 0.25) is 0 Å². The molecule has 1 amide bonds. The molecule has 0 aliphatic carbocycles. The van der Waals surface area contributed by atoms with Gasteiger partial charge in [0.1, 0.15) is 5.70 Å². The molecule has 7 nitrogen and oxygen atoms in total. The maximum atomic E-state index is 12.5. The molecule has 0 spiro atoms. The average molecular weight is 424 g/mol. The Balaban J connectivity index is 1.41. The Labute approximate surface area is 176 Å². The minimum absolute atomic E-state index is 0.0391. The van der Waals surface area contributed by atoms with E-state index in [2.05, 4.69) is 17.1 Å². The first kappa shape index (κ1) is 21.2. The molecule has 4 heterocycles. The van der Waals surface area contributed by atoms with E-state index in [9.17, 15) is 19.8 Å². The molecule has 4 rings (SSSR count). The summed E-state index contributed by atoms with van der Waals surface area (Å²) in [6.45, 7) is 10.1. The van der Waals surface area contributed by atoms with Crippen LogP contribution < -0.4 is 5.32 Å². The van der Waals surface area contributed by atoms with Gasteiger partial charge in [-0.2, -0.15) is 0 Å². The zero-order valence-electron chi connectivity index (χ0n) is 17.5. The van der Waals surface area contributed by atoms with Gasteiger partial charge < -0.3 is 25.3 Å². The summed E-state index contributed by atoms with van der Waals surface area (Å²) >= 11 is 1.66. The summed E-state index contributed by atoms with van der Waals surface area (Å²) in [5, 5.41) is 23.6. The fourth-order valence-corrected chi connectivity index (χ4v) is 7.20. The van der Waals surface area contributed by atoms with Crippen LogP contribution in [0.5, 0.6) is 0 Å². The van der Waals surface area contributed by atoms with E-state index >= 15 is 0 Å². The van der Waals surface area contributed by atoms with Crippen LogP contribution in [0.25, 0.3) is 0 Å². The third-order valence-electron chi connectivity index (χ3n) is 7.08. The largest absolute Gasteiger partial charge is 0.477 e. The monoisotopic (exact) mass is 423 g/mol. The van der Waals surface area contributed by atoms with Crippen molar-refractivity contribution >= 4 is 23.6 Å². The number of likely N-dealkylation sites (tertiary alicyclic amines) is 1. The molecule has 3 unspecified atom stereocenters. The quantitative estimate of drug-likeness (QED) is 0.555. The van der Waals surface area contributed by atoms with Gasteiger partial charge in [0.25, 0.3) is 0 Å². The lowest BCUT2D eigenvalue weighted by Crippen LogP contribution is -2.63. The molecule has 0 saturated carbocycles. The molecule has 4 aliphatic heterocycles. The highest BCUT2D eigenvalue weighted by Gasteiger charge is 2.60. The number of carboxylic acids is 1. The van der Waals surface area contributed by atoms with Crippen LogP contribution in [0.4, 0.5) is 0 Å². The minimum atomic E-state index is -1.03. The third kappa shape index (κ3) is 3.84. The predicted molar refractivity (Wildman–Crippen MR) is 112 cm³/mol. The zero-order valence-corrected chi connectivity index (χ0v) is 18.3. The van der Waals surface area contributed by atoms with Gasteiger partial charge in [-0.25, -0.2) is 4.79 Å². The van der Waals surface area contributed by atoms with Gasteiger partial charge >= 0.3 is 5.97 Å². The molecular formula is C21H33N3O4S. The fraction of sp³-hybridized carbons (Fsp3) is 0.810. The number of aliphatic hydroxyl groups is 1. The third-order valence-corrected chi connectivity index (χ3v) is 8.62. The van der Waals surface area contributed by atoms with Crippen molar-refractivity contribution < 1.29 is 19.8 Å². The van der Waals surface area contributed by atoms with Gasteiger partial charge in [-0.3, -0.25) is 4.79 Å². The number of rotatable bonds is 6. The molecule has 0 radical (unpaired) electrons. The minimum Gasteiger partial charge on any atom is -0.477 e. The molecule has 3 fully saturated rings. The second-order valence-electron chi connectivity index (χ2n) is 9.31. The lowest BCUT2D eigenvalue weighted by atomic mass is 9.79. The molecule has 4 aliphatic rings. The van der Waals surface area contributed by atoms with Gasteiger partial charge in [-0.05, 0) is 52.1 Å². The molecule has 3 N–H and O–H groups in total. The Hall–Kier alpha value is -1.09. The van der Waals surface area contributed by atoms with Crippen LogP contribution in [0.15, 0.2) is 10.6 Å². The van der Waals surface area contributed by atoms with E-state index in [1.807, 2.05) is 6.92 Å². The number of aliphatic carboxylic acids is 1. The maximum absolute atomic E-state index is 12.5. The van der Waals surface area contributed by atoms with Crippen molar-refractivity contribution in [2.45, 2.75) is 63.5 Å². The number of aliphatic hydroxyl groups excluding tert-OH is 1. The summed E-state index contributed by atoms with van der Waals surface area (Å²) in [6, 6.07) is 0.373. The van der Waals surface area contributed by atoms with E-state index in [0.29, 0.717) is 11.3 Å². The van der Waals surface area contributed by atoms with Crippen LogP contribution in [-0.4, -0.2) is 81.5 Å². The highest BCUT2D eigenvalue weighted by atomic mass is 32.2. The molecular weight excluding hydrogens is 390 g/mol. The van der Waals surface area contributed by atoms with E-state index in [4.69, 9.17) is 0 Å². The van der Waals surface area contributed by atoms with Crippen LogP contribution in [-0.2, 0) is 9.59 Å². The predicted octanol–water partition coefficient (Wildman–Crippen LogP) is 1.34. The van der Waals surface area contributed by atoms with Crippen LogP contribution in [0, 0.1) is 17.8 Å². The first-order chi connectivity index (χ1) is 13.8. The lowest BCUT2D eigenvalue weighted by molar-refractivity contribution is -0.163. The lowest BCUT2D eigenvalue weighted by Gasteiger charge is -2.46. The maximum Gasteiger partial charge on any atom is 0.353 e. The Morgan fingerprint density at radius 3 is 2.76 bits per heavy atom. The number of amides is 1. The van der Waals surface area contributed by atoms with E-state index in [-0.39, 0.29) is 23.6 Å². The summed E-state index contributed by atoms with van der Waals surface area (Å²) in [4.78, 5) is 29.2. The van der Waals surface area contributed by atoms with E-state index in [1.165, 1.54) is 17.7 Å². The molecule has 3 saturated heterocycles. The number of carbonyl (C=O) groups is 2. The topological polar surface area (TPSA) is 93.1 Å². The normalized spacial score (nSPS) is 38.9. The van der Waals surface area contributed by atoms with Crippen molar-refractivity contribution in [3.63, 3.8) is 0 Å². The number of carboxylic acid groups (broad SMARTS) is 1. The molecule has 0 bridgehead atoms. The number of fused-ring (bicyclic) bond motifs is 1. The number of piperidine rings is 1. The van der Waals surface area contributed by atoms with Gasteiger partial charge in [-0.15, -0.1) is 11.8 Å². The Kier molecular flexibility index (Phi) is 5.99. The Morgan fingerprint density at radius 1 is 1.34 bits per heavy atom. The first-order valence-corrected chi connectivity index (χ1v) is 11.8. The number of hydrogen-bond donors (Lipinski definition) is 3. The van der Waals surface area contributed by atoms with Crippen molar-refractivity contribution in [1.29, 1.82) is 0 Å². The molecule has 7 atom stereocenters. The van der Waals surface area contributed by atoms with Gasteiger partial charge in [0, 0.05) is 35.2 Å². The number of nitrogens with one attached hydrogen (secondary N) is 1. The van der Waals surface area contributed by atoms with E-state index < -0.39 is 18.0 Å². The van der Waals surface area contributed by atoms with Crippen molar-refractivity contribution in [3.8, 4) is 0 Å². The van der Waals surface area contributed by atoms with Crippen molar-refractivity contribution in [1.82, 2.24) is 15.1 Å². The molecule has 0 aromatic heterocycles. The summed E-state index contributed by atoms with van der Waals surface area (Å²) in [6.07, 6.45) is 2.75. The molecule has 0 aromatic rings. The van der Waals surface area contributed by atoms with Crippen LogP contribution in [0.1, 0.15) is 40.0 Å². The second kappa shape index (κ2) is 8.21. The Morgan fingerprint density at radius 2 is 2.10 bits per heavy atom. The Bertz CT molecular complexity index is 712. The molecule has 29 heavy (non-hydrogen) atoms. The average Bonchev–Trinajstić information content (AvgIpc) is 3.16. The highest BCUT2D eigenvalue weighted by molar-refractivity contribution is 8.03. The summed E-state index contributed by atoms with van der Waals surface area (Å²) < 4.78 is 0. The molecule has 8 heteroatoms. The number of nitrogens with zero attached hydrogens (tertiary/aromatic N) is 2. The van der Waals surface area contributed by atoms with Gasteiger partial charge in [0.05, 0.1) is 18.1 Å². The van der Waals surface area contributed by atoms with Crippen LogP contribution in [0.3, 0.4) is 0 Å². The first-order valence-electron chi connectivity index (χ1n) is 10.9. The molecule has 0 aromatic carbocycles. The fourth-order valence-electron chi connectivity index (χ4n) is 5.68. The van der Waals surface area contributed by atoms with Crippen molar-refractivity contribution in [3.05, 3.63) is 10.6 Å². The molecule has 162 valence electrons. The summed E-state index contributed by atoms with van der Waals surface area (Å²) in [7, 11) is 0. The van der Waals surface area contributed by atoms with Gasteiger partial charge in [0.2, 0.25) is 5.91 Å². The number of carbonyl (C=O) groups excluding carboxylic acids is 1. The number of β-lactam (4-membered cyclic amide) rings is 1. The summed E-state index contributed by atoms with van der Waals surface area (Å²) in [5.41, 5.74) is 0.153. The van der Waals surface area contributed by atoms with Gasteiger partial charge in [-0.1, -0.05) is 6.92 Å². The van der Waals surface area contributed by atoms with E-state index in [0.717, 1.165) is 43.4 Å². The van der Waals surface area contributed by atoms with Gasteiger partial charge in [0.15, 0.2) is 0 Å². The standard InChI is InChI=1S/C21H33N3O4S/c1-11-8-14(4-6-22-11)9-23-7-5-15(10-23)29-19-12(2)17-16(13(3)25)20(26)24(17)18(19)21(27)28/h11-17,22,25H,4-10H2,1-3H3,(H,27,28)/t11?,12-,13?,14?,15-,16-,17-/m1/s1. The highest BCUT2D eigenvalue weighted by Crippen LogP contribution is 2.51.